The molecular weight excluding hydrogens is 318 g/mol. The minimum absolute atomic E-state index is 0.0146. The van der Waals surface area contributed by atoms with E-state index in [1.165, 1.54) is 0 Å². The van der Waals surface area contributed by atoms with Crippen molar-refractivity contribution in [1.82, 2.24) is 10.2 Å². The third-order valence-corrected chi connectivity index (χ3v) is 4.19. The molecule has 0 saturated heterocycles. The molecular formula is C15H18BrN3O. The number of aromatic nitrogens is 2. The highest BCUT2D eigenvalue weighted by molar-refractivity contribution is 9.10. The molecule has 5 heteroatoms. The molecule has 0 bridgehead atoms. The Balaban J connectivity index is 1.94. The molecule has 1 heterocycles. The van der Waals surface area contributed by atoms with Crippen LogP contribution in [0.1, 0.15) is 28.9 Å². The SMILES string of the molecule is Cc1ccc(NC(=O)CCc2c(C)n[nH]c2C)cc1Br. The average molecular weight is 336 g/mol. The molecule has 1 aromatic carbocycles. The van der Waals surface area contributed by atoms with Crippen molar-refractivity contribution in [2.24, 2.45) is 0 Å². The van der Waals surface area contributed by atoms with Gasteiger partial charge in [-0.2, -0.15) is 5.10 Å². The van der Waals surface area contributed by atoms with Gasteiger partial charge in [0.2, 0.25) is 5.91 Å². The molecule has 20 heavy (non-hydrogen) atoms. The first kappa shape index (κ1) is 14.8. The summed E-state index contributed by atoms with van der Waals surface area (Å²) < 4.78 is 0.997. The van der Waals surface area contributed by atoms with Gasteiger partial charge in [-0.15, -0.1) is 0 Å². The summed E-state index contributed by atoms with van der Waals surface area (Å²) in [7, 11) is 0. The number of amides is 1. The number of aromatic amines is 1. The molecule has 0 saturated carbocycles. The van der Waals surface area contributed by atoms with Crippen molar-refractivity contribution in [1.29, 1.82) is 0 Å². The Kier molecular flexibility index (Phi) is 4.60. The second kappa shape index (κ2) is 6.22. The zero-order chi connectivity index (χ0) is 14.7. The summed E-state index contributed by atoms with van der Waals surface area (Å²) in [6.45, 7) is 5.94. The first-order valence-electron chi connectivity index (χ1n) is 6.54. The predicted octanol–water partition coefficient (Wildman–Crippen LogP) is 3.67. The van der Waals surface area contributed by atoms with Gasteiger partial charge in [0, 0.05) is 22.3 Å². The smallest absolute Gasteiger partial charge is 0.224 e. The average Bonchev–Trinajstić information content (AvgIpc) is 2.71. The second-order valence-electron chi connectivity index (χ2n) is 4.92. The van der Waals surface area contributed by atoms with E-state index in [9.17, 15) is 4.79 Å². The lowest BCUT2D eigenvalue weighted by atomic mass is 10.1. The largest absolute Gasteiger partial charge is 0.326 e. The highest BCUT2D eigenvalue weighted by atomic mass is 79.9. The van der Waals surface area contributed by atoms with Crippen molar-refractivity contribution in [3.63, 3.8) is 0 Å². The summed E-state index contributed by atoms with van der Waals surface area (Å²) in [4.78, 5) is 12.0. The van der Waals surface area contributed by atoms with Crippen LogP contribution in [0.15, 0.2) is 22.7 Å². The van der Waals surface area contributed by atoms with Crippen LogP contribution >= 0.6 is 15.9 Å². The number of rotatable bonds is 4. The standard InChI is InChI=1S/C15H18BrN3O/c1-9-4-5-12(8-14(9)16)17-15(20)7-6-13-10(2)18-19-11(13)3/h4-5,8H,6-7H2,1-3H3,(H,17,20)(H,18,19). The number of nitrogens with one attached hydrogen (secondary N) is 2. The van der Waals surface area contributed by atoms with E-state index >= 15 is 0 Å². The molecule has 106 valence electrons. The fourth-order valence-corrected chi connectivity index (χ4v) is 2.45. The van der Waals surface area contributed by atoms with E-state index in [4.69, 9.17) is 0 Å². The predicted molar refractivity (Wildman–Crippen MR) is 83.9 cm³/mol. The van der Waals surface area contributed by atoms with Crippen molar-refractivity contribution in [3.05, 3.63) is 45.2 Å². The molecule has 0 aliphatic rings. The number of halogens is 1. The Morgan fingerprint density at radius 2 is 2.10 bits per heavy atom. The molecule has 2 rings (SSSR count). The van der Waals surface area contributed by atoms with Crippen molar-refractivity contribution < 1.29 is 4.79 Å². The van der Waals surface area contributed by atoms with Gasteiger partial charge in [-0.3, -0.25) is 9.89 Å². The Labute approximate surface area is 127 Å². The highest BCUT2D eigenvalue weighted by Crippen LogP contribution is 2.21. The quantitative estimate of drug-likeness (QED) is 0.895. The van der Waals surface area contributed by atoms with Crippen LogP contribution in [0, 0.1) is 20.8 Å². The van der Waals surface area contributed by atoms with Gasteiger partial charge < -0.3 is 5.32 Å². The number of hydrogen-bond acceptors (Lipinski definition) is 2. The third-order valence-electron chi connectivity index (χ3n) is 3.34. The van der Waals surface area contributed by atoms with Crippen LogP contribution in [0.5, 0.6) is 0 Å². The van der Waals surface area contributed by atoms with Crippen LogP contribution in [0.4, 0.5) is 5.69 Å². The van der Waals surface area contributed by atoms with Gasteiger partial charge in [-0.25, -0.2) is 0 Å². The molecule has 0 radical (unpaired) electrons. The van der Waals surface area contributed by atoms with Crippen LogP contribution in [0.3, 0.4) is 0 Å². The molecule has 0 unspecified atom stereocenters. The van der Waals surface area contributed by atoms with E-state index in [1.807, 2.05) is 39.0 Å². The fraction of sp³-hybridized carbons (Fsp3) is 0.333. The van der Waals surface area contributed by atoms with Crippen LogP contribution in [-0.2, 0) is 11.2 Å². The summed E-state index contributed by atoms with van der Waals surface area (Å²) in [5.74, 6) is 0.0146. The van der Waals surface area contributed by atoms with Gasteiger partial charge in [0.05, 0.1) is 5.69 Å². The van der Waals surface area contributed by atoms with Crippen molar-refractivity contribution in [2.45, 2.75) is 33.6 Å². The monoisotopic (exact) mass is 335 g/mol. The molecule has 2 N–H and O–H groups in total. The van der Waals surface area contributed by atoms with Crippen molar-refractivity contribution in [2.75, 3.05) is 5.32 Å². The summed E-state index contributed by atoms with van der Waals surface area (Å²) in [5.41, 5.74) is 5.09. The molecule has 1 amide bonds. The van der Waals surface area contributed by atoms with Gasteiger partial charge in [0.1, 0.15) is 0 Å². The minimum atomic E-state index is 0.0146. The van der Waals surface area contributed by atoms with Crippen LogP contribution in [0.2, 0.25) is 0 Å². The van der Waals surface area contributed by atoms with E-state index in [-0.39, 0.29) is 5.91 Å². The van der Waals surface area contributed by atoms with Gasteiger partial charge in [0.25, 0.3) is 0 Å². The number of H-pyrrole nitrogens is 1. The summed E-state index contributed by atoms with van der Waals surface area (Å²) in [6, 6.07) is 5.80. The lowest BCUT2D eigenvalue weighted by Gasteiger charge is -2.07. The van der Waals surface area contributed by atoms with Gasteiger partial charge in [0.15, 0.2) is 0 Å². The second-order valence-corrected chi connectivity index (χ2v) is 5.78. The zero-order valence-electron chi connectivity index (χ0n) is 11.9. The molecule has 2 aromatic rings. The maximum Gasteiger partial charge on any atom is 0.224 e. The first-order valence-corrected chi connectivity index (χ1v) is 7.33. The number of anilines is 1. The van der Waals surface area contributed by atoms with E-state index in [0.717, 1.165) is 32.7 Å². The number of aryl methyl sites for hydroxylation is 3. The highest BCUT2D eigenvalue weighted by Gasteiger charge is 2.09. The molecule has 0 aliphatic heterocycles. The maximum absolute atomic E-state index is 12.0. The van der Waals surface area contributed by atoms with Gasteiger partial charge in [-0.05, 0) is 50.5 Å². The number of carbonyl (C=O) groups is 1. The number of carbonyl (C=O) groups excluding carboxylic acids is 1. The molecule has 1 aromatic heterocycles. The molecule has 0 fully saturated rings. The van der Waals surface area contributed by atoms with Crippen LogP contribution < -0.4 is 5.32 Å². The lowest BCUT2D eigenvalue weighted by Crippen LogP contribution is -2.12. The van der Waals surface area contributed by atoms with E-state index in [2.05, 4.69) is 31.4 Å². The van der Waals surface area contributed by atoms with Gasteiger partial charge >= 0.3 is 0 Å². The first-order chi connectivity index (χ1) is 9.47. The van der Waals surface area contributed by atoms with Crippen LogP contribution in [0.25, 0.3) is 0 Å². The third kappa shape index (κ3) is 3.48. The molecule has 0 aliphatic carbocycles. The van der Waals surface area contributed by atoms with E-state index in [1.54, 1.807) is 0 Å². The van der Waals surface area contributed by atoms with Gasteiger partial charge in [-0.1, -0.05) is 22.0 Å². The topological polar surface area (TPSA) is 57.8 Å². The summed E-state index contributed by atoms with van der Waals surface area (Å²) in [6.07, 6.45) is 1.15. The fourth-order valence-electron chi connectivity index (χ4n) is 2.08. The van der Waals surface area contributed by atoms with E-state index < -0.39 is 0 Å². The van der Waals surface area contributed by atoms with Crippen molar-refractivity contribution >= 4 is 27.5 Å². The lowest BCUT2D eigenvalue weighted by molar-refractivity contribution is -0.116. The normalized spacial score (nSPS) is 10.6. The number of benzene rings is 1. The van der Waals surface area contributed by atoms with E-state index in [0.29, 0.717) is 12.8 Å². The van der Waals surface area contributed by atoms with Crippen LogP contribution in [-0.4, -0.2) is 16.1 Å². The molecule has 4 nitrogen and oxygen atoms in total. The number of nitrogens with zero attached hydrogens (tertiary/aromatic N) is 1. The molecule has 0 atom stereocenters. The minimum Gasteiger partial charge on any atom is -0.326 e. The Morgan fingerprint density at radius 3 is 2.70 bits per heavy atom. The summed E-state index contributed by atoms with van der Waals surface area (Å²) >= 11 is 3.46. The maximum atomic E-state index is 12.0. The number of hydrogen-bond donors (Lipinski definition) is 2. The molecule has 0 spiro atoms. The summed E-state index contributed by atoms with van der Waals surface area (Å²) in [5, 5.41) is 9.98. The Bertz CT molecular complexity index is 615. The Morgan fingerprint density at radius 1 is 1.35 bits per heavy atom. The zero-order valence-corrected chi connectivity index (χ0v) is 13.5. The Hall–Kier alpha value is -1.62. The van der Waals surface area contributed by atoms with Crippen molar-refractivity contribution in [3.8, 4) is 0 Å².